The van der Waals surface area contributed by atoms with Gasteiger partial charge in [-0.25, -0.2) is 17.8 Å². The van der Waals surface area contributed by atoms with E-state index >= 15 is 0 Å². The maximum Gasteiger partial charge on any atom is 0.404 e. The molecule has 0 aliphatic carbocycles. The van der Waals surface area contributed by atoms with Crippen molar-refractivity contribution in [1.29, 1.82) is 0 Å². The molecule has 10 heteroatoms. The second-order valence-electron chi connectivity index (χ2n) is 8.89. The summed E-state index contributed by atoms with van der Waals surface area (Å²) in [6.45, 7) is 2.49. The first kappa shape index (κ1) is 25.1. The fourth-order valence-corrected chi connectivity index (χ4v) is 6.86. The van der Waals surface area contributed by atoms with Gasteiger partial charge in [-0.3, -0.25) is 4.79 Å². The number of ether oxygens (including phenoxy) is 1. The van der Waals surface area contributed by atoms with Gasteiger partial charge in [0.2, 0.25) is 0 Å². The summed E-state index contributed by atoms with van der Waals surface area (Å²) >= 11 is 0. The van der Waals surface area contributed by atoms with E-state index in [9.17, 15) is 23.3 Å². The van der Waals surface area contributed by atoms with E-state index in [1.165, 1.54) is 18.4 Å². The van der Waals surface area contributed by atoms with Gasteiger partial charge in [0.25, 0.3) is 5.91 Å². The Morgan fingerprint density at radius 3 is 2.63 bits per heavy atom. The number of carboxylic acid groups (broad SMARTS) is 1. The summed E-state index contributed by atoms with van der Waals surface area (Å²) in [5, 5.41) is 11.1. The molecule has 2 amide bonds. The van der Waals surface area contributed by atoms with Crippen LogP contribution in [0, 0.1) is 5.82 Å². The Morgan fingerprint density at radius 1 is 1.23 bits per heavy atom. The summed E-state index contributed by atoms with van der Waals surface area (Å²) in [7, 11) is -2.74. The lowest BCUT2D eigenvalue weighted by Gasteiger charge is -2.42. The molecule has 5 atom stereocenters. The SMILES string of the molecule is CCN=S(C)(=O)C1COC(C(=O)N2CCc3ccccc3C2c2ccc(F)cc2)CC1NC(=O)O. The minimum Gasteiger partial charge on any atom is -0.465 e. The van der Waals surface area contributed by atoms with Gasteiger partial charge in [-0.05, 0) is 42.2 Å². The number of hydrogen-bond acceptors (Lipinski definition) is 5. The smallest absolute Gasteiger partial charge is 0.404 e. The molecule has 2 aromatic rings. The second kappa shape index (κ2) is 10.3. The molecule has 2 N–H and O–H groups in total. The second-order valence-corrected chi connectivity index (χ2v) is 11.5. The lowest BCUT2D eigenvalue weighted by atomic mass is 9.87. The average molecular weight is 504 g/mol. The van der Waals surface area contributed by atoms with Crippen LogP contribution in [-0.4, -0.2) is 69.6 Å². The predicted molar refractivity (Wildman–Crippen MR) is 130 cm³/mol. The number of hydrogen-bond donors (Lipinski definition) is 2. The van der Waals surface area contributed by atoms with Crippen molar-refractivity contribution in [2.45, 2.75) is 43.2 Å². The molecule has 0 saturated carbocycles. The molecule has 188 valence electrons. The third-order valence-electron chi connectivity index (χ3n) is 6.66. The first-order valence-electron chi connectivity index (χ1n) is 11.6. The lowest BCUT2D eigenvalue weighted by molar-refractivity contribution is -0.149. The van der Waals surface area contributed by atoms with Crippen LogP contribution in [0.25, 0.3) is 0 Å². The highest BCUT2D eigenvalue weighted by molar-refractivity contribution is 7.93. The zero-order valence-corrected chi connectivity index (χ0v) is 20.5. The zero-order valence-electron chi connectivity index (χ0n) is 19.7. The maximum atomic E-state index is 13.8. The Bertz CT molecular complexity index is 1210. The highest BCUT2D eigenvalue weighted by Crippen LogP contribution is 2.36. The minimum absolute atomic E-state index is 0.0498. The van der Waals surface area contributed by atoms with Crippen molar-refractivity contribution in [1.82, 2.24) is 10.2 Å². The van der Waals surface area contributed by atoms with E-state index in [1.54, 1.807) is 24.0 Å². The van der Waals surface area contributed by atoms with E-state index in [1.807, 2.05) is 24.3 Å². The van der Waals surface area contributed by atoms with Crippen LogP contribution in [0.5, 0.6) is 0 Å². The molecular formula is C25H30FN3O5S. The van der Waals surface area contributed by atoms with Gasteiger partial charge in [0.05, 0.1) is 33.7 Å². The first-order valence-corrected chi connectivity index (χ1v) is 13.6. The van der Waals surface area contributed by atoms with E-state index < -0.39 is 39.3 Å². The molecule has 4 rings (SSSR count). The van der Waals surface area contributed by atoms with Gasteiger partial charge in [-0.15, -0.1) is 0 Å². The third kappa shape index (κ3) is 5.33. The van der Waals surface area contributed by atoms with Crippen molar-refractivity contribution >= 4 is 21.7 Å². The van der Waals surface area contributed by atoms with Gasteiger partial charge in [-0.2, -0.15) is 0 Å². The van der Waals surface area contributed by atoms with Crippen LogP contribution >= 0.6 is 0 Å². The normalized spacial score (nSPS) is 25.7. The van der Waals surface area contributed by atoms with E-state index in [0.717, 1.165) is 16.7 Å². The van der Waals surface area contributed by atoms with Crippen LogP contribution < -0.4 is 5.32 Å². The van der Waals surface area contributed by atoms with Crippen LogP contribution in [0.2, 0.25) is 0 Å². The van der Waals surface area contributed by atoms with Gasteiger partial charge in [0.1, 0.15) is 11.9 Å². The minimum atomic E-state index is -2.74. The summed E-state index contributed by atoms with van der Waals surface area (Å²) in [5.74, 6) is -0.639. The molecule has 2 aliphatic rings. The molecule has 35 heavy (non-hydrogen) atoms. The van der Waals surface area contributed by atoms with Crippen molar-refractivity contribution in [3.63, 3.8) is 0 Å². The van der Waals surface area contributed by atoms with Gasteiger partial charge < -0.3 is 20.1 Å². The number of nitrogens with one attached hydrogen (secondary N) is 1. The number of benzene rings is 2. The van der Waals surface area contributed by atoms with Crippen molar-refractivity contribution in [2.24, 2.45) is 4.36 Å². The summed E-state index contributed by atoms with van der Waals surface area (Å²) in [4.78, 5) is 27.0. The molecule has 1 fully saturated rings. The molecule has 0 aromatic heterocycles. The molecule has 0 radical (unpaired) electrons. The fourth-order valence-electron chi connectivity index (χ4n) is 5.04. The number of fused-ring (bicyclic) bond motifs is 1. The quantitative estimate of drug-likeness (QED) is 0.652. The van der Waals surface area contributed by atoms with E-state index in [0.29, 0.717) is 19.5 Å². The number of rotatable bonds is 5. The summed E-state index contributed by atoms with van der Waals surface area (Å²) in [5.41, 5.74) is 2.86. The Labute approximate surface area is 204 Å². The number of carbonyl (C=O) groups excluding carboxylic acids is 1. The van der Waals surface area contributed by atoms with Crippen molar-refractivity contribution in [3.05, 3.63) is 71.0 Å². The van der Waals surface area contributed by atoms with Gasteiger partial charge >= 0.3 is 6.09 Å². The Kier molecular flexibility index (Phi) is 7.42. The standard InChI is InChI=1S/C25H30FN3O5S/c1-3-27-35(2,33)22-15-34-21(14-20(22)28-25(31)32)24(30)29-13-12-16-6-4-5-7-19(16)23(29)17-8-10-18(26)11-9-17/h4-11,20-23,28H,3,12-15H2,1-2H3,(H,31,32). The monoisotopic (exact) mass is 503 g/mol. The molecular weight excluding hydrogens is 473 g/mol. The number of nitrogens with zero attached hydrogens (tertiary/aromatic N) is 2. The molecule has 8 nitrogen and oxygen atoms in total. The molecule has 2 heterocycles. The summed E-state index contributed by atoms with van der Waals surface area (Å²) < 4.78 is 36.8. The largest absolute Gasteiger partial charge is 0.465 e. The number of carbonyl (C=O) groups is 2. The van der Waals surface area contributed by atoms with E-state index in [-0.39, 0.29) is 24.8 Å². The number of halogens is 1. The van der Waals surface area contributed by atoms with Crippen LogP contribution in [0.4, 0.5) is 9.18 Å². The Balaban J connectivity index is 1.64. The van der Waals surface area contributed by atoms with Crippen LogP contribution in [0.3, 0.4) is 0 Å². The summed E-state index contributed by atoms with van der Waals surface area (Å²) in [6, 6.07) is 12.8. The van der Waals surface area contributed by atoms with E-state index in [2.05, 4.69) is 9.68 Å². The Morgan fingerprint density at radius 2 is 1.94 bits per heavy atom. The molecule has 0 bridgehead atoms. The average Bonchev–Trinajstić information content (AvgIpc) is 2.83. The van der Waals surface area contributed by atoms with Crippen LogP contribution in [0.1, 0.15) is 36.1 Å². The molecule has 2 aliphatic heterocycles. The maximum absolute atomic E-state index is 13.8. The highest BCUT2D eigenvalue weighted by atomic mass is 32.2. The molecule has 1 saturated heterocycles. The van der Waals surface area contributed by atoms with Crippen molar-refractivity contribution in [2.75, 3.05) is 26.0 Å². The van der Waals surface area contributed by atoms with E-state index in [4.69, 9.17) is 4.74 Å². The third-order valence-corrected chi connectivity index (χ3v) is 9.02. The van der Waals surface area contributed by atoms with Gasteiger partial charge in [0.15, 0.2) is 0 Å². The summed E-state index contributed by atoms with van der Waals surface area (Å²) in [6.07, 6.45) is 0.0388. The molecule has 5 unspecified atom stereocenters. The molecule has 2 aromatic carbocycles. The Hall–Kier alpha value is -2.98. The van der Waals surface area contributed by atoms with Gasteiger partial charge in [-0.1, -0.05) is 36.4 Å². The number of amides is 2. The zero-order chi connectivity index (χ0) is 25.2. The van der Waals surface area contributed by atoms with Crippen LogP contribution in [-0.2, 0) is 25.7 Å². The fraction of sp³-hybridized carbons (Fsp3) is 0.440. The van der Waals surface area contributed by atoms with Crippen molar-refractivity contribution in [3.8, 4) is 0 Å². The lowest BCUT2D eigenvalue weighted by Crippen LogP contribution is -2.57. The van der Waals surface area contributed by atoms with Crippen LogP contribution in [0.15, 0.2) is 52.9 Å². The van der Waals surface area contributed by atoms with Crippen molar-refractivity contribution < 1.29 is 28.0 Å². The highest BCUT2D eigenvalue weighted by Gasteiger charge is 2.43. The van der Waals surface area contributed by atoms with Gasteiger partial charge in [0, 0.05) is 25.8 Å². The molecule has 0 spiro atoms. The first-order chi connectivity index (χ1) is 16.7. The topological polar surface area (TPSA) is 108 Å². The predicted octanol–water partition coefficient (Wildman–Crippen LogP) is 3.21.